The van der Waals surface area contributed by atoms with E-state index in [1.54, 1.807) is 18.2 Å². The minimum atomic E-state index is -1.09. The van der Waals surface area contributed by atoms with Crippen molar-refractivity contribution >= 4 is 17.6 Å². The fourth-order valence-electron chi connectivity index (χ4n) is 1.08. The number of aromatic carboxylic acids is 1. The largest absolute Gasteiger partial charge is 0.492 e. The summed E-state index contributed by atoms with van der Waals surface area (Å²) in [5, 5.41) is 9.10. The van der Waals surface area contributed by atoms with E-state index in [2.05, 4.69) is 6.58 Å². The lowest BCUT2D eigenvalue weighted by atomic mass is 10.2. The zero-order valence-electron chi connectivity index (χ0n) is 8.07. The van der Waals surface area contributed by atoms with E-state index in [1.807, 2.05) is 0 Å². The van der Waals surface area contributed by atoms with Crippen molar-refractivity contribution in [2.75, 3.05) is 6.61 Å². The molecule has 0 bridgehead atoms. The quantitative estimate of drug-likeness (QED) is 0.620. The second-order valence-electron chi connectivity index (χ2n) is 2.84. The van der Waals surface area contributed by atoms with Crippen molar-refractivity contribution in [1.29, 1.82) is 0 Å². The van der Waals surface area contributed by atoms with Crippen LogP contribution < -0.4 is 4.74 Å². The number of carbonyl (C=O) groups is 1. The highest BCUT2D eigenvalue weighted by atomic mass is 35.5. The van der Waals surface area contributed by atoms with Crippen molar-refractivity contribution in [3.05, 3.63) is 41.4 Å². The van der Waals surface area contributed by atoms with Crippen LogP contribution in [0, 0.1) is 0 Å². The molecule has 1 N–H and O–H groups in total. The molecule has 1 aromatic rings. The Balaban J connectivity index is 2.90. The maximum atomic E-state index is 10.9. The van der Waals surface area contributed by atoms with Gasteiger partial charge in [-0.1, -0.05) is 23.7 Å². The molecule has 0 heterocycles. The summed E-state index contributed by atoms with van der Waals surface area (Å²) in [6, 6.07) is 4.75. The number of halogens is 1. The summed E-state index contributed by atoms with van der Waals surface area (Å²) in [5.74, 6) is -0.800. The molecule has 0 fully saturated rings. The van der Waals surface area contributed by atoms with Crippen LogP contribution in [-0.4, -0.2) is 17.7 Å². The molecule has 0 aliphatic heterocycles. The summed E-state index contributed by atoms with van der Waals surface area (Å²) in [6.07, 6.45) is 2.36. The van der Waals surface area contributed by atoms with Crippen molar-refractivity contribution in [1.82, 2.24) is 0 Å². The third-order valence-electron chi connectivity index (χ3n) is 1.77. The van der Waals surface area contributed by atoms with Gasteiger partial charge in [0.15, 0.2) is 0 Å². The van der Waals surface area contributed by atoms with Crippen molar-refractivity contribution in [2.45, 2.75) is 6.42 Å². The number of hydrogen-bond acceptors (Lipinski definition) is 2. The Morgan fingerprint density at radius 1 is 1.60 bits per heavy atom. The summed E-state index contributed by atoms with van der Waals surface area (Å²) >= 11 is 5.76. The zero-order chi connectivity index (χ0) is 11.3. The Hall–Kier alpha value is -1.48. The lowest BCUT2D eigenvalue weighted by Crippen LogP contribution is -2.04. The van der Waals surface area contributed by atoms with Crippen LogP contribution in [0.4, 0.5) is 0 Å². The molecule has 0 unspecified atom stereocenters. The summed E-state index contributed by atoms with van der Waals surface area (Å²) < 4.78 is 5.28. The molecule has 1 aromatic carbocycles. The van der Waals surface area contributed by atoms with Crippen LogP contribution in [0.25, 0.3) is 0 Å². The van der Waals surface area contributed by atoms with E-state index in [1.165, 1.54) is 6.07 Å². The van der Waals surface area contributed by atoms with Crippen LogP contribution >= 0.6 is 11.6 Å². The highest BCUT2D eigenvalue weighted by Crippen LogP contribution is 2.26. The summed E-state index contributed by atoms with van der Waals surface area (Å²) in [4.78, 5) is 10.9. The predicted octanol–water partition coefficient (Wildman–Crippen LogP) is 2.99. The third-order valence-corrected chi connectivity index (χ3v) is 2.08. The van der Waals surface area contributed by atoms with Crippen LogP contribution in [0.3, 0.4) is 0 Å². The molecule has 80 valence electrons. The Kier molecular flexibility index (Phi) is 4.18. The molecule has 0 spiro atoms. The van der Waals surface area contributed by atoms with Gasteiger partial charge in [0.2, 0.25) is 0 Å². The maximum absolute atomic E-state index is 10.9. The molecule has 4 heteroatoms. The summed E-state index contributed by atoms with van der Waals surface area (Å²) in [5.41, 5.74) is 0.00299. The highest BCUT2D eigenvalue weighted by molar-refractivity contribution is 6.33. The first-order valence-electron chi connectivity index (χ1n) is 4.42. The standard InChI is InChI=1S/C11H11ClO3/c1-2-3-7-15-9-6-4-5-8(12)10(9)11(13)14/h2,4-6H,1,3,7H2,(H,13,14). The number of carboxylic acid groups (broad SMARTS) is 1. The topological polar surface area (TPSA) is 46.5 Å². The van der Waals surface area contributed by atoms with E-state index in [-0.39, 0.29) is 16.3 Å². The van der Waals surface area contributed by atoms with Crippen molar-refractivity contribution in [3.63, 3.8) is 0 Å². The zero-order valence-corrected chi connectivity index (χ0v) is 8.83. The van der Waals surface area contributed by atoms with Crippen LogP contribution in [0.15, 0.2) is 30.9 Å². The second-order valence-corrected chi connectivity index (χ2v) is 3.25. The van der Waals surface area contributed by atoms with E-state index in [0.29, 0.717) is 13.0 Å². The van der Waals surface area contributed by atoms with Gasteiger partial charge in [-0.05, 0) is 18.6 Å². The van der Waals surface area contributed by atoms with Gasteiger partial charge in [0, 0.05) is 0 Å². The monoisotopic (exact) mass is 226 g/mol. The van der Waals surface area contributed by atoms with E-state index in [9.17, 15) is 4.79 Å². The lowest BCUT2D eigenvalue weighted by molar-refractivity contribution is 0.0692. The minimum Gasteiger partial charge on any atom is -0.492 e. The molecule has 0 aliphatic rings. The van der Waals surface area contributed by atoms with Gasteiger partial charge in [-0.15, -0.1) is 6.58 Å². The van der Waals surface area contributed by atoms with Crippen molar-refractivity contribution < 1.29 is 14.6 Å². The van der Waals surface area contributed by atoms with E-state index in [0.717, 1.165) is 0 Å². The minimum absolute atomic E-state index is 0.00299. The molecule has 15 heavy (non-hydrogen) atoms. The average Bonchev–Trinajstić information content (AvgIpc) is 2.17. The molecule has 1 rings (SSSR count). The van der Waals surface area contributed by atoms with Crippen LogP contribution in [0.5, 0.6) is 5.75 Å². The van der Waals surface area contributed by atoms with Gasteiger partial charge in [-0.25, -0.2) is 4.79 Å². The molecule has 0 amide bonds. The number of benzene rings is 1. The molecule has 0 atom stereocenters. The smallest absolute Gasteiger partial charge is 0.341 e. The highest BCUT2D eigenvalue weighted by Gasteiger charge is 2.14. The Morgan fingerprint density at radius 2 is 2.33 bits per heavy atom. The number of carboxylic acids is 1. The number of ether oxygens (including phenoxy) is 1. The second kappa shape index (κ2) is 5.41. The van der Waals surface area contributed by atoms with Crippen LogP contribution in [0.1, 0.15) is 16.8 Å². The van der Waals surface area contributed by atoms with Crippen LogP contribution in [-0.2, 0) is 0 Å². The summed E-state index contributed by atoms with van der Waals surface area (Å²) in [6.45, 7) is 3.94. The number of hydrogen-bond donors (Lipinski definition) is 1. The first-order chi connectivity index (χ1) is 7.16. The average molecular weight is 227 g/mol. The fraction of sp³-hybridized carbons (Fsp3) is 0.182. The normalized spacial score (nSPS) is 9.67. The van der Waals surface area contributed by atoms with Gasteiger partial charge < -0.3 is 9.84 Å². The molecule has 0 saturated heterocycles. The summed E-state index contributed by atoms with van der Waals surface area (Å²) in [7, 11) is 0. The fourth-order valence-corrected chi connectivity index (χ4v) is 1.33. The third kappa shape index (κ3) is 2.99. The lowest BCUT2D eigenvalue weighted by Gasteiger charge is -2.08. The Morgan fingerprint density at radius 3 is 2.93 bits per heavy atom. The molecule has 0 saturated carbocycles. The molecule has 0 aromatic heterocycles. The van der Waals surface area contributed by atoms with Crippen LogP contribution in [0.2, 0.25) is 5.02 Å². The van der Waals surface area contributed by atoms with Gasteiger partial charge in [0.05, 0.1) is 11.6 Å². The van der Waals surface area contributed by atoms with Crippen molar-refractivity contribution in [2.24, 2.45) is 0 Å². The number of rotatable bonds is 5. The molecule has 3 nitrogen and oxygen atoms in total. The van der Waals surface area contributed by atoms with Gasteiger partial charge in [-0.3, -0.25) is 0 Å². The van der Waals surface area contributed by atoms with E-state index in [4.69, 9.17) is 21.4 Å². The van der Waals surface area contributed by atoms with E-state index < -0.39 is 5.97 Å². The molecular weight excluding hydrogens is 216 g/mol. The Labute approximate surface area is 92.9 Å². The maximum Gasteiger partial charge on any atom is 0.341 e. The first-order valence-corrected chi connectivity index (χ1v) is 4.80. The van der Waals surface area contributed by atoms with Gasteiger partial charge in [0.1, 0.15) is 11.3 Å². The van der Waals surface area contributed by atoms with E-state index >= 15 is 0 Å². The molecular formula is C11H11ClO3. The predicted molar refractivity (Wildman–Crippen MR) is 58.7 cm³/mol. The Bertz CT molecular complexity index is 374. The first kappa shape index (κ1) is 11.6. The van der Waals surface area contributed by atoms with Crippen molar-refractivity contribution in [3.8, 4) is 5.75 Å². The van der Waals surface area contributed by atoms with Gasteiger partial charge in [-0.2, -0.15) is 0 Å². The molecule has 0 radical (unpaired) electrons. The van der Waals surface area contributed by atoms with Gasteiger partial charge in [0.25, 0.3) is 0 Å². The SMILES string of the molecule is C=CCCOc1cccc(Cl)c1C(=O)O. The van der Waals surface area contributed by atoms with Gasteiger partial charge >= 0.3 is 5.97 Å². The molecule has 0 aliphatic carbocycles.